The van der Waals surface area contributed by atoms with E-state index in [0.29, 0.717) is 5.69 Å². The maximum Gasteiger partial charge on any atom is 0.272 e. The van der Waals surface area contributed by atoms with Crippen molar-refractivity contribution in [2.45, 2.75) is 32.9 Å². The Morgan fingerprint density at radius 2 is 2.14 bits per heavy atom. The van der Waals surface area contributed by atoms with Crippen LogP contribution in [0, 0.1) is 15.9 Å². The Morgan fingerprint density at radius 3 is 2.67 bits per heavy atom. The fourth-order valence-electron chi connectivity index (χ4n) is 1.65. The lowest BCUT2D eigenvalue weighted by atomic mass is 10.1. The largest absolute Gasteiger partial charge is 0.377 e. The van der Waals surface area contributed by atoms with Gasteiger partial charge in [-0.25, -0.2) is 9.07 Å². The predicted molar refractivity (Wildman–Crippen MR) is 75.4 cm³/mol. The zero-order valence-electron chi connectivity index (χ0n) is 12.0. The quantitative estimate of drug-likeness (QED) is 0.692. The van der Waals surface area contributed by atoms with Crippen molar-refractivity contribution < 1.29 is 9.31 Å². The van der Waals surface area contributed by atoms with Crippen LogP contribution < -0.4 is 5.32 Å². The molecule has 0 aliphatic carbocycles. The number of aromatic nitrogens is 3. The van der Waals surface area contributed by atoms with Crippen molar-refractivity contribution in [3.63, 3.8) is 0 Å². The van der Waals surface area contributed by atoms with Crippen LogP contribution in [0.2, 0.25) is 0 Å². The second-order valence-electron chi connectivity index (χ2n) is 5.60. The number of nitro benzene ring substituents is 1. The molecule has 1 N–H and O–H groups in total. The third kappa shape index (κ3) is 3.53. The fourth-order valence-corrected chi connectivity index (χ4v) is 1.65. The molecule has 0 spiro atoms. The van der Waals surface area contributed by atoms with Gasteiger partial charge >= 0.3 is 0 Å². The summed E-state index contributed by atoms with van der Waals surface area (Å²) in [6, 6.07) is 3.47. The lowest BCUT2D eigenvalue weighted by Gasteiger charge is -2.17. The molecular formula is C13H16FN5O2. The number of halogens is 1. The van der Waals surface area contributed by atoms with E-state index in [9.17, 15) is 14.5 Å². The average Bonchev–Trinajstić information content (AvgIpc) is 2.85. The molecule has 0 bridgehead atoms. The number of nitrogens with zero attached hydrogens (tertiary/aromatic N) is 4. The monoisotopic (exact) mass is 293 g/mol. The molecule has 7 nitrogen and oxygen atoms in total. The van der Waals surface area contributed by atoms with Crippen molar-refractivity contribution >= 4 is 11.4 Å². The Labute approximate surface area is 120 Å². The molecule has 1 aromatic carbocycles. The first kappa shape index (κ1) is 14.9. The van der Waals surface area contributed by atoms with Gasteiger partial charge in [0.1, 0.15) is 5.69 Å². The first-order chi connectivity index (χ1) is 9.77. The van der Waals surface area contributed by atoms with Gasteiger partial charge in [0.05, 0.1) is 35.0 Å². The van der Waals surface area contributed by atoms with E-state index in [1.807, 2.05) is 20.8 Å². The highest BCUT2D eigenvalue weighted by Crippen LogP contribution is 2.21. The van der Waals surface area contributed by atoms with E-state index < -0.39 is 10.7 Å². The minimum atomic E-state index is -0.674. The molecule has 0 atom stereocenters. The zero-order chi connectivity index (χ0) is 15.6. The molecule has 1 heterocycles. The van der Waals surface area contributed by atoms with E-state index >= 15 is 0 Å². The molecule has 0 aliphatic rings. The summed E-state index contributed by atoms with van der Waals surface area (Å²) in [6.07, 6.45) is 1.77. The highest BCUT2D eigenvalue weighted by molar-refractivity contribution is 5.50. The van der Waals surface area contributed by atoms with Gasteiger partial charge in [-0.2, -0.15) is 0 Å². The second-order valence-corrected chi connectivity index (χ2v) is 5.60. The molecular weight excluding hydrogens is 277 g/mol. The van der Waals surface area contributed by atoms with Gasteiger partial charge in [0.25, 0.3) is 5.69 Å². The number of benzene rings is 1. The third-order valence-electron chi connectivity index (χ3n) is 2.85. The number of non-ortho nitro benzene ring substituents is 1. The lowest BCUT2D eigenvalue weighted by molar-refractivity contribution is -0.385. The summed E-state index contributed by atoms with van der Waals surface area (Å²) in [5, 5.41) is 21.4. The molecule has 0 unspecified atom stereocenters. The summed E-state index contributed by atoms with van der Waals surface area (Å²) in [5.74, 6) is -0.674. The summed E-state index contributed by atoms with van der Waals surface area (Å²) in [6.45, 7) is 6.27. The van der Waals surface area contributed by atoms with Crippen molar-refractivity contribution in [1.82, 2.24) is 15.0 Å². The minimum absolute atomic E-state index is 0.177. The Bertz CT molecular complexity index is 663. The molecule has 0 radical (unpaired) electrons. The van der Waals surface area contributed by atoms with Crippen molar-refractivity contribution in [2.75, 3.05) is 5.32 Å². The van der Waals surface area contributed by atoms with Gasteiger partial charge in [0.2, 0.25) is 0 Å². The van der Waals surface area contributed by atoms with E-state index in [4.69, 9.17) is 0 Å². The highest BCUT2D eigenvalue weighted by Gasteiger charge is 2.15. The predicted octanol–water partition coefficient (Wildman–Crippen LogP) is 2.69. The fraction of sp³-hybridized carbons (Fsp3) is 0.385. The van der Waals surface area contributed by atoms with Crippen LogP contribution in [-0.2, 0) is 12.1 Å². The van der Waals surface area contributed by atoms with Gasteiger partial charge in [-0.05, 0) is 26.8 Å². The topological polar surface area (TPSA) is 85.9 Å². The lowest BCUT2D eigenvalue weighted by Crippen LogP contribution is -2.22. The van der Waals surface area contributed by atoms with Gasteiger partial charge in [0.15, 0.2) is 5.82 Å². The van der Waals surface area contributed by atoms with Crippen LogP contribution in [0.15, 0.2) is 24.4 Å². The van der Waals surface area contributed by atoms with Gasteiger partial charge < -0.3 is 5.32 Å². The molecule has 2 aromatic rings. The normalized spacial score (nSPS) is 11.4. The van der Waals surface area contributed by atoms with Crippen molar-refractivity contribution in [3.05, 3.63) is 46.0 Å². The molecule has 0 amide bonds. The van der Waals surface area contributed by atoms with Crippen LogP contribution in [0.1, 0.15) is 26.5 Å². The number of anilines is 1. The van der Waals surface area contributed by atoms with Crippen LogP contribution in [-0.4, -0.2) is 19.9 Å². The molecule has 0 saturated carbocycles. The van der Waals surface area contributed by atoms with Crippen molar-refractivity contribution in [2.24, 2.45) is 0 Å². The molecule has 1 aromatic heterocycles. The second kappa shape index (κ2) is 5.47. The molecule has 21 heavy (non-hydrogen) atoms. The van der Waals surface area contributed by atoms with E-state index in [1.165, 1.54) is 12.1 Å². The summed E-state index contributed by atoms with van der Waals surface area (Å²) in [4.78, 5) is 9.90. The maximum absolute atomic E-state index is 13.7. The summed E-state index contributed by atoms with van der Waals surface area (Å²) < 4.78 is 15.4. The number of hydrogen-bond donors (Lipinski definition) is 1. The van der Waals surface area contributed by atoms with Crippen molar-refractivity contribution in [3.8, 4) is 0 Å². The van der Waals surface area contributed by atoms with Gasteiger partial charge in [-0.3, -0.25) is 10.1 Å². The van der Waals surface area contributed by atoms with Crippen LogP contribution in [0.4, 0.5) is 15.8 Å². The number of hydrogen-bond acceptors (Lipinski definition) is 5. The summed E-state index contributed by atoms with van der Waals surface area (Å²) >= 11 is 0. The number of rotatable bonds is 4. The van der Waals surface area contributed by atoms with E-state index in [2.05, 4.69) is 15.6 Å². The summed E-state index contributed by atoms with van der Waals surface area (Å²) in [5.41, 5.74) is 0.384. The van der Waals surface area contributed by atoms with Gasteiger partial charge in [-0.1, -0.05) is 5.21 Å². The van der Waals surface area contributed by atoms with Crippen molar-refractivity contribution in [1.29, 1.82) is 0 Å². The van der Waals surface area contributed by atoms with Crippen LogP contribution in [0.25, 0.3) is 0 Å². The first-order valence-corrected chi connectivity index (χ1v) is 6.37. The minimum Gasteiger partial charge on any atom is -0.377 e. The molecule has 0 aliphatic heterocycles. The van der Waals surface area contributed by atoms with Gasteiger partial charge in [0, 0.05) is 6.07 Å². The van der Waals surface area contributed by atoms with Crippen LogP contribution >= 0.6 is 0 Å². The van der Waals surface area contributed by atoms with Gasteiger partial charge in [-0.15, -0.1) is 5.10 Å². The first-order valence-electron chi connectivity index (χ1n) is 6.37. The Hall–Kier alpha value is -2.51. The number of nitrogens with one attached hydrogen (secondary N) is 1. The molecule has 2 rings (SSSR count). The molecule has 8 heteroatoms. The highest BCUT2D eigenvalue weighted by atomic mass is 19.1. The Balaban J connectivity index is 2.06. The standard InChI is InChI=1S/C13H16FN5O2/c1-13(2,3)18-8-9(16-17-18)7-15-12-5-4-10(19(20)21)6-11(12)14/h4-6,8,15H,7H2,1-3H3. The average molecular weight is 293 g/mol. The number of nitro groups is 1. The maximum atomic E-state index is 13.7. The van der Waals surface area contributed by atoms with Crippen LogP contribution in [0.5, 0.6) is 0 Å². The Kier molecular flexibility index (Phi) is 3.88. The third-order valence-corrected chi connectivity index (χ3v) is 2.85. The molecule has 0 fully saturated rings. The molecule has 0 saturated heterocycles. The SMILES string of the molecule is CC(C)(C)n1cc(CNc2ccc([N+](=O)[O-])cc2F)nn1. The summed E-state index contributed by atoms with van der Waals surface area (Å²) in [7, 11) is 0. The van der Waals surface area contributed by atoms with E-state index in [0.717, 1.165) is 6.07 Å². The smallest absolute Gasteiger partial charge is 0.272 e. The van der Waals surface area contributed by atoms with E-state index in [-0.39, 0.29) is 23.5 Å². The zero-order valence-corrected chi connectivity index (χ0v) is 12.0. The molecule has 112 valence electrons. The van der Waals surface area contributed by atoms with Crippen LogP contribution in [0.3, 0.4) is 0 Å². The van der Waals surface area contributed by atoms with E-state index in [1.54, 1.807) is 10.9 Å². The Morgan fingerprint density at radius 1 is 1.43 bits per heavy atom.